The molecule has 0 heterocycles. The van der Waals surface area contributed by atoms with Crippen molar-refractivity contribution in [1.29, 1.82) is 0 Å². The van der Waals surface area contributed by atoms with Crippen LogP contribution >= 0.6 is 23.5 Å². The van der Waals surface area contributed by atoms with Gasteiger partial charge in [-0.2, -0.15) is 23.5 Å². The Kier molecular flexibility index (Phi) is 8.37. The quantitative estimate of drug-likeness (QED) is 0.552. The third-order valence-corrected chi connectivity index (χ3v) is 2.34. The summed E-state index contributed by atoms with van der Waals surface area (Å²) in [7, 11) is 0. The lowest BCUT2D eigenvalue weighted by Gasteiger charge is -1.93. The maximum Gasteiger partial charge on any atom is -0.00700 e. The summed E-state index contributed by atoms with van der Waals surface area (Å²) in [5, 5.41) is 0. The molecule has 0 amide bonds. The molecule has 0 spiro atoms. The SMILES string of the molecule is CSCCCCSC. The van der Waals surface area contributed by atoms with Gasteiger partial charge in [0, 0.05) is 0 Å². The summed E-state index contributed by atoms with van der Waals surface area (Å²) in [4.78, 5) is 0. The molecule has 0 aliphatic heterocycles. The molecule has 0 bridgehead atoms. The molecule has 8 heavy (non-hydrogen) atoms. The second kappa shape index (κ2) is 7.70. The van der Waals surface area contributed by atoms with Gasteiger partial charge < -0.3 is 0 Å². The van der Waals surface area contributed by atoms with Crippen LogP contribution in [0.3, 0.4) is 0 Å². The predicted octanol–water partition coefficient (Wildman–Crippen LogP) is 2.49. The molecule has 0 saturated carbocycles. The van der Waals surface area contributed by atoms with Crippen LogP contribution in [0.1, 0.15) is 12.8 Å². The summed E-state index contributed by atoms with van der Waals surface area (Å²) in [5.74, 6) is 2.67. The topological polar surface area (TPSA) is 0 Å². The van der Waals surface area contributed by atoms with Crippen LogP contribution in [0.5, 0.6) is 0 Å². The third kappa shape index (κ3) is 6.70. The summed E-state index contributed by atoms with van der Waals surface area (Å²) in [6.45, 7) is 0. The van der Waals surface area contributed by atoms with Crippen molar-refractivity contribution < 1.29 is 0 Å². The third-order valence-electron chi connectivity index (χ3n) is 0.947. The fourth-order valence-electron chi connectivity index (χ4n) is 0.493. The summed E-state index contributed by atoms with van der Waals surface area (Å²) < 4.78 is 0. The Bertz CT molecular complexity index is 31.5. The zero-order valence-corrected chi connectivity index (χ0v) is 7.28. The lowest BCUT2D eigenvalue weighted by molar-refractivity contribution is 0.909. The predicted molar refractivity (Wildman–Crippen MR) is 46.0 cm³/mol. The number of hydrogen-bond acceptors (Lipinski definition) is 2. The zero-order valence-electron chi connectivity index (χ0n) is 5.64. The molecule has 0 aromatic carbocycles. The van der Waals surface area contributed by atoms with Crippen molar-refractivity contribution in [2.24, 2.45) is 0 Å². The number of thioether (sulfide) groups is 2. The average Bonchev–Trinajstić information content (AvgIpc) is 1.81. The standard InChI is InChI=1S/C6H14S2/c1-7-5-3-4-6-8-2/h3-6H2,1-2H3. The van der Waals surface area contributed by atoms with Crippen LogP contribution in [0.4, 0.5) is 0 Å². The molecular formula is C6H14S2. The number of hydrogen-bond donors (Lipinski definition) is 0. The lowest BCUT2D eigenvalue weighted by atomic mass is 10.4. The molecule has 0 radical (unpaired) electrons. The highest BCUT2D eigenvalue weighted by molar-refractivity contribution is 7.98. The highest BCUT2D eigenvalue weighted by Crippen LogP contribution is 2.03. The van der Waals surface area contributed by atoms with E-state index in [1.165, 1.54) is 24.3 Å². The minimum atomic E-state index is 1.33. The van der Waals surface area contributed by atoms with Crippen molar-refractivity contribution in [1.82, 2.24) is 0 Å². The van der Waals surface area contributed by atoms with Crippen LogP contribution in [0.2, 0.25) is 0 Å². The lowest BCUT2D eigenvalue weighted by Crippen LogP contribution is -1.80. The molecule has 0 unspecified atom stereocenters. The molecule has 0 aromatic heterocycles. The summed E-state index contributed by atoms with van der Waals surface area (Å²) in [6, 6.07) is 0. The van der Waals surface area contributed by atoms with Crippen LogP contribution < -0.4 is 0 Å². The summed E-state index contributed by atoms with van der Waals surface area (Å²) in [6.07, 6.45) is 7.11. The summed E-state index contributed by atoms with van der Waals surface area (Å²) in [5.41, 5.74) is 0. The van der Waals surface area contributed by atoms with Crippen LogP contribution in [0.15, 0.2) is 0 Å². The Morgan fingerprint density at radius 2 is 1.25 bits per heavy atom. The van der Waals surface area contributed by atoms with E-state index in [1.54, 1.807) is 0 Å². The van der Waals surface area contributed by atoms with Gasteiger partial charge in [-0.15, -0.1) is 0 Å². The maximum absolute atomic E-state index is 2.17. The highest BCUT2D eigenvalue weighted by atomic mass is 32.2. The smallest absolute Gasteiger partial charge is 0.00700 e. The van der Waals surface area contributed by atoms with E-state index in [1.807, 2.05) is 23.5 Å². The van der Waals surface area contributed by atoms with Crippen molar-refractivity contribution in [3.8, 4) is 0 Å². The largest absolute Gasteiger partial charge is 0.165 e. The Balaban J connectivity index is 2.53. The van der Waals surface area contributed by atoms with Crippen LogP contribution in [-0.4, -0.2) is 24.0 Å². The second-order valence-corrected chi connectivity index (χ2v) is 3.66. The van der Waals surface area contributed by atoms with Gasteiger partial charge in [-0.05, 0) is 36.9 Å². The van der Waals surface area contributed by atoms with E-state index in [9.17, 15) is 0 Å². The van der Waals surface area contributed by atoms with Gasteiger partial charge in [-0.3, -0.25) is 0 Å². The van der Waals surface area contributed by atoms with Crippen molar-refractivity contribution in [3.05, 3.63) is 0 Å². The molecule has 0 saturated heterocycles. The molecule has 0 aromatic rings. The second-order valence-electron chi connectivity index (χ2n) is 1.69. The van der Waals surface area contributed by atoms with Crippen molar-refractivity contribution >= 4 is 23.5 Å². The zero-order chi connectivity index (χ0) is 6.24. The van der Waals surface area contributed by atoms with E-state index >= 15 is 0 Å². The minimum Gasteiger partial charge on any atom is -0.165 e. The molecule has 0 aliphatic rings. The van der Waals surface area contributed by atoms with Crippen LogP contribution in [0, 0.1) is 0 Å². The molecular weight excluding hydrogens is 136 g/mol. The fraction of sp³-hybridized carbons (Fsp3) is 1.00. The van der Waals surface area contributed by atoms with Crippen molar-refractivity contribution in [3.63, 3.8) is 0 Å². The van der Waals surface area contributed by atoms with E-state index in [0.717, 1.165) is 0 Å². The van der Waals surface area contributed by atoms with Gasteiger partial charge in [0.2, 0.25) is 0 Å². The first-order valence-corrected chi connectivity index (χ1v) is 5.68. The van der Waals surface area contributed by atoms with Gasteiger partial charge in [0.1, 0.15) is 0 Å². The molecule has 50 valence electrons. The van der Waals surface area contributed by atoms with Crippen LogP contribution in [0.25, 0.3) is 0 Å². The van der Waals surface area contributed by atoms with Gasteiger partial charge in [0.05, 0.1) is 0 Å². The van der Waals surface area contributed by atoms with E-state index in [2.05, 4.69) is 12.5 Å². The minimum absolute atomic E-state index is 1.33. The van der Waals surface area contributed by atoms with E-state index in [0.29, 0.717) is 0 Å². The molecule has 0 nitrogen and oxygen atoms in total. The first-order valence-electron chi connectivity index (χ1n) is 2.89. The van der Waals surface area contributed by atoms with Crippen LogP contribution in [-0.2, 0) is 0 Å². The maximum atomic E-state index is 2.17. The first kappa shape index (κ1) is 8.70. The van der Waals surface area contributed by atoms with Gasteiger partial charge >= 0.3 is 0 Å². The summed E-state index contributed by atoms with van der Waals surface area (Å²) >= 11 is 3.89. The Morgan fingerprint density at radius 3 is 1.50 bits per heavy atom. The highest BCUT2D eigenvalue weighted by Gasteiger charge is 1.83. The van der Waals surface area contributed by atoms with Gasteiger partial charge in [0.15, 0.2) is 0 Å². The van der Waals surface area contributed by atoms with Gasteiger partial charge in [-0.25, -0.2) is 0 Å². The first-order chi connectivity index (χ1) is 3.91. The Hall–Kier alpha value is 0.700. The van der Waals surface area contributed by atoms with Gasteiger partial charge in [-0.1, -0.05) is 0 Å². The normalized spacial score (nSPS) is 9.75. The van der Waals surface area contributed by atoms with E-state index in [-0.39, 0.29) is 0 Å². The molecule has 0 rings (SSSR count). The van der Waals surface area contributed by atoms with Gasteiger partial charge in [0.25, 0.3) is 0 Å². The number of unbranched alkanes of at least 4 members (excludes halogenated alkanes) is 1. The van der Waals surface area contributed by atoms with Crippen molar-refractivity contribution in [2.75, 3.05) is 24.0 Å². The molecule has 0 aliphatic carbocycles. The fourth-order valence-corrected chi connectivity index (χ4v) is 1.48. The van der Waals surface area contributed by atoms with E-state index < -0.39 is 0 Å². The molecule has 0 fully saturated rings. The molecule has 0 N–H and O–H groups in total. The van der Waals surface area contributed by atoms with E-state index in [4.69, 9.17) is 0 Å². The monoisotopic (exact) mass is 150 g/mol. The Morgan fingerprint density at radius 1 is 0.875 bits per heavy atom. The average molecular weight is 150 g/mol. The number of rotatable bonds is 5. The Labute approximate surface area is 60.8 Å². The molecule has 0 atom stereocenters. The molecule has 2 heteroatoms. The van der Waals surface area contributed by atoms with Crippen molar-refractivity contribution in [2.45, 2.75) is 12.8 Å².